The summed E-state index contributed by atoms with van der Waals surface area (Å²) in [6, 6.07) is 0. The van der Waals surface area contributed by atoms with Gasteiger partial charge in [0.05, 0.1) is 12.2 Å². The molecular formula is C27H48O2. The maximum atomic E-state index is 11.4. The Morgan fingerprint density at radius 3 is 2.24 bits per heavy atom. The van der Waals surface area contributed by atoms with E-state index in [1.54, 1.807) is 0 Å². The van der Waals surface area contributed by atoms with Crippen LogP contribution < -0.4 is 0 Å². The Morgan fingerprint density at radius 1 is 0.828 bits per heavy atom. The molecule has 0 radical (unpaired) electrons. The summed E-state index contributed by atoms with van der Waals surface area (Å²) in [4.78, 5) is 0. The second-order valence-corrected chi connectivity index (χ2v) is 12.8. The Balaban J connectivity index is 1.50. The third-order valence-electron chi connectivity index (χ3n) is 10.9. The van der Waals surface area contributed by atoms with Crippen LogP contribution in [0.2, 0.25) is 0 Å². The van der Waals surface area contributed by atoms with Gasteiger partial charge in [0.25, 0.3) is 0 Å². The van der Waals surface area contributed by atoms with Gasteiger partial charge >= 0.3 is 0 Å². The van der Waals surface area contributed by atoms with E-state index in [0.717, 1.165) is 42.9 Å². The maximum Gasteiger partial charge on any atom is 0.0577 e. The van der Waals surface area contributed by atoms with Crippen molar-refractivity contribution in [2.75, 3.05) is 0 Å². The van der Waals surface area contributed by atoms with Gasteiger partial charge in [-0.15, -0.1) is 0 Å². The van der Waals surface area contributed by atoms with Crippen LogP contribution in [0, 0.1) is 52.3 Å². The van der Waals surface area contributed by atoms with Crippen molar-refractivity contribution < 1.29 is 10.2 Å². The monoisotopic (exact) mass is 404 g/mol. The molecule has 29 heavy (non-hydrogen) atoms. The number of fused-ring (bicyclic) bond motifs is 5. The van der Waals surface area contributed by atoms with Crippen molar-refractivity contribution in [3.8, 4) is 0 Å². The van der Waals surface area contributed by atoms with Gasteiger partial charge in [0.1, 0.15) is 0 Å². The smallest absolute Gasteiger partial charge is 0.0577 e. The summed E-state index contributed by atoms with van der Waals surface area (Å²) in [7, 11) is 0. The minimum atomic E-state index is -0.136. The zero-order valence-corrected chi connectivity index (χ0v) is 19.9. The number of aliphatic hydroxyl groups is 2. The first kappa shape index (κ1) is 22.1. The van der Waals surface area contributed by atoms with Crippen LogP contribution in [0.1, 0.15) is 105 Å². The highest BCUT2D eigenvalue weighted by atomic mass is 16.3. The summed E-state index contributed by atoms with van der Waals surface area (Å²) in [5.74, 6) is 4.94. The first-order valence-corrected chi connectivity index (χ1v) is 13.0. The summed E-state index contributed by atoms with van der Waals surface area (Å²) < 4.78 is 0. The normalized spacial score (nSPS) is 50.7. The fraction of sp³-hybridized carbons (Fsp3) is 1.00. The van der Waals surface area contributed by atoms with Crippen molar-refractivity contribution in [1.82, 2.24) is 0 Å². The molecule has 2 N–H and O–H groups in total. The topological polar surface area (TPSA) is 40.5 Å². The van der Waals surface area contributed by atoms with Crippen molar-refractivity contribution >= 4 is 0 Å². The van der Waals surface area contributed by atoms with Gasteiger partial charge in [-0.3, -0.25) is 0 Å². The minimum absolute atomic E-state index is 0.131. The van der Waals surface area contributed by atoms with Crippen LogP contribution in [0.4, 0.5) is 0 Å². The van der Waals surface area contributed by atoms with Gasteiger partial charge < -0.3 is 10.2 Å². The molecular weight excluding hydrogens is 356 g/mol. The molecule has 0 aliphatic heterocycles. The fourth-order valence-corrected chi connectivity index (χ4v) is 9.22. The fourth-order valence-electron chi connectivity index (χ4n) is 9.22. The first-order chi connectivity index (χ1) is 13.7. The highest BCUT2D eigenvalue weighted by Crippen LogP contribution is 2.68. The van der Waals surface area contributed by atoms with Crippen molar-refractivity contribution in [3.05, 3.63) is 0 Å². The SMILES string of the molecule is CC(C)CCC[C@@H](C)[C@H]1CC[C@H]2[C@@H]3[C@H](O)C[C@H]4C[C@@H](O)CC[C@]4(C)[C@H]3CC[C@]12C. The molecule has 0 saturated heterocycles. The minimum Gasteiger partial charge on any atom is -0.393 e. The second-order valence-electron chi connectivity index (χ2n) is 12.8. The number of hydrogen-bond acceptors (Lipinski definition) is 2. The highest BCUT2D eigenvalue weighted by molar-refractivity contribution is 5.11. The molecule has 0 bridgehead atoms. The van der Waals surface area contributed by atoms with Crippen molar-refractivity contribution in [2.24, 2.45) is 52.3 Å². The molecule has 0 aromatic carbocycles. The number of hydrogen-bond donors (Lipinski definition) is 2. The van der Waals surface area contributed by atoms with Gasteiger partial charge in [-0.25, -0.2) is 0 Å². The average molecular weight is 405 g/mol. The van der Waals surface area contributed by atoms with Gasteiger partial charge in [-0.1, -0.05) is 53.9 Å². The Kier molecular flexibility index (Phi) is 6.19. The molecule has 0 amide bonds. The van der Waals surface area contributed by atoms with E-state index in [0.29, 0.717) is 28.6 Å². The quantitative estimate of drug-likeness (QED) is 0.553. The molecule has 4 rings (SSSR count). The van der Waals surface area contributed by atoms with Gasteiger partial charge in [0, 0.05) is 0 Å². The van der Waals surface area contributed by atoms with Crippen LogP contribution in [-0.2, 0) is 0 Å². The van der Waals surface area contributed by atoms with Crippen LogP contribution >= 0.6 is 0 Å². The Morgan fingerprint density at radius 2 is 1.52 bits per heavy atom. The van der Waals surface area contributed by atoms with Gasteiger partial charge in [-0.05, 0) is 104 Å². The van der Waals surface area contributed by atoms with Crippen molar-refractivity contribution in [1.29, 1.82) is 0 Å². The Bertz CT molecular complexity index is 573. The molecule has 4 aliphatic carbocycles. The maximum absolute atomic E-state index is 11.4. The third-order valence-corrected chi connectivity index (χ3v) is 10.9. The van der Waals surface area contributed by atoms with Crippen LogP contribution in [0.3, 0.4) is 0 Å². The van der Waals surface area contributed by atoms with E-state index in [1.165, 1.54) is 51.4 Å². The van der Waals surface area contributed by atoms with Gasteiger partial charge in [-0.2, -0.15) is 0 Å². The van der Waals surface area contributed by atoms with Crippen molar-refractivity contribution in [3.63, 3.8) is 0 Å². The molecule has 2 nitrogen and oxygen atoms in total. The summed E-state index contributed by atoms with van der Waals surface area (Å²) in [6.45, 7) is 12.4. The lowest BCUT2D eigenvalue weighted by atomic mass is 9.43. The average Bonchev–Trinajstić information content (AvgIpc) is 3.00. The molecule has 2 heteroatoms. The van der Waals surface area contributed by atoms with Gasteiger partial charge in [0.15, 0.2) is 0 Å². The number of aliphatic hydroxyl groups excluding tert-OH is 2. The van der Waals surface area contributed by atoms with Crippen LogP contribution in [0.5, 0.6) is 0 Å². The molecule has 0 heterocycles. The second kappa shape index (κ2) is 8.12. The predicted molar refractivity (Wildman–Crippen MR) is 120 cm³/mol. The number of rotatable bonds is 5. The van der Waals surface area contributed by atoms with E-state index in [4.69, 9.17) is 0 Å². The standard InChI is InChI=1S/C27H48O2/c1-17(2)7-6-8-18(3)21-9-10-22-25-23(12-14-27(21,22)5)26(4)13-11-20(28)15-19(26)16-24(25)29/h17-25,28-29H,6-16H2,1-5H3/t18-,19-,20+,21-,22+,23+,24-,25+,26+,27-/m1/s1. The first-order valence-electron chi connectivity index (χ1n) is 13.0. The largest absolute Gasteiger partial charge is 0.393 e. The van der Waals surface area contributed by atoms with E-state index in [9.17, 15) is 10.2 Å². The lowest BCUT2D eigenvalue weighted by Gasteiger charge is -2.62. The molecule has 4 saturated carbocycles. The molecule has 168 valence electrons. The molecule has 0 spiro atoms. The Labute approximate surface area is 180 Å². The summed E-state index contributed by atoms with van der Waals surface area (Å²) in [6.07, 6.45) is 13.3. The predicted octanol–water partition coefficient (Wildman–Crippen LogP) is 6.44. The van der Waals surface area contributed by atoms with E-state index < -0.39 is 0 Å². The zero-order valence-electron chi connectivity index (χ0n) is 19.9. The molecule has 0 unspecified atom stereocenters. The lowest BCUT2D eigenvalue weighted by molar-refractivity contribution is -0.174. The molecule has 0 aromatic heterocycles. The van der Waals surface area contributed by atoms with Crippen LogP contribution in [0.15, 0.2) is 0 Å². The van der Waals surface area contributed by atoms with E-state index in [1.807, 2.05) is 0 Å². The van der Waals surface area contributed by atoms with Crippen molar-refractivity contribution in [2.45, 2.75) is 117 Å². The van der Waals surface area contributed by atoms with E-state index in [-0.39, 0.29) is 12.2 Å². The molecule has 0 aromatic rings. The third kappa shape index (κ3) is 3.73. The molecule has 10 atom stereocenters. The molecule has 4 fully saturated rings. The van der Waals surface area contributed by atoms with E-state index >= 15 is 0 Å². The van der Waals surface area contributed by atoms with Crippen LogP contribution in [-0.4, -0.2) is 22.4 Å². The summed E-state index contributed by atoms with van der Waals surface area (Å²) in [5.41, 5.74) is 0.794. The summed E-state index contributed by atoms with van der Waals surface area (Å²) in [5, 5.41) is 21.6. The highest BCUT2D eigenvalue weighted by Gasteiger charge is 2.62. The van der Waals surface area contributed by atoms with Crippen LogP contribution in [0.25, 0.3) is 0 Å². The summed E-state index contributed by atoms with van der Waals surface area (Å²) >= 11 is 0. The Hall–Kier alpha value is -0.0800. The lowest BCUT2D eigenvalue weighted by Crippen LogP contribution is -2.58. The zero-order chi connectivity index (χ0) is 21.0. The molecule has 4 aliphatic rings. The van der Waals surface area contributed by atoms with E-state index in [2.05, 4.69) is 34.6 Å². The van der Waals surface area contributed by atoms with Gasteiger partial charge in [0.2, 0.25) is 0 Å².